The minimum Gasteiger partial charge on any atom is -0.361 e. The largest absolute Gasteiger partial charge is 0.361 e. The fourth-order valence-corrected chi connectivity index (χ4v) is 2.74. The molecule has 2 atom stereocenters. The molecule has 1 aromatic heterocycles. The highest BCUT2D eigenvalue weighted by atomic mass is 16.5. The molecule has 17 heavy (non-hydrogen) atoms. The van der Waals surface area contributed by atoms with Crippen LogP contribution in [0, 0.1) is 13.8 Å². The van der Waals surface area contributed by atoms with Crippen molar-refractivity contribution in [2.75, 3.05) is 6.54 Å². The molecule has 96 valence electrons. The maximum atomic E-state index is 6.08. The summed E-state index contributed by atoms with van der Waals surface area (Å²) < 4.78 is 5.22. The predicted octanol–water partition coefficient (Wildman–Crippen LogP) is 1.99. The first-order valence-corrected chi connectivity index (χ1v) is 6.51. The van der Waals surface area contributed by atoms with Crippen LogP contribution in [-0.4, -0.2) is 28.7 Å². The molecule has 1 aliphatic heterocycles. The number of hydrogen-bond donors (Lipinski definition) is 1. The van der Waals surface area contributed by atoms with E-state index >= 15 is 0 Å². The molecule has 2 N–H and O–H groups in total. The highest BCUT2D eigenvalue weighted by molar-refractivity contribution is 5.20. The molecule has 0 amide bonds. The topological polar surface area (TPSA) is 55.3 Å². The summed E-state index contributed by atoms with van der Waals surface area (Å²) in [5.74, 6) is 0.941. The van der Waals surface area contributed by atoms with Gasteiger partial charge in [0.1, 0.15) is 5.76 Å². The standard InChI is InChI=1S/C13H23N3O/c1-9(14)13-6-4-5-7-16(13)8-12-10(2)15-17-11(12)3/h9,13H,4-8,14H2,1-3H3. The van der Waals surface area contributed by atoms with E-state index in [0.29, 0.717) is 6.04 Å². The lowest BCUT2D eigenvalue weighted by Gasteiger charge is -2.37. The molecule has 0 radical (unpaired) electrons. The molecule has 1 aliphatic rings. The van der Waals surface area contributed by atoms with Crippen molar-refractivity contribution in [1.82, 2.24) is 10.1 Å². The van der Waals surface area contributed by atoms with E-state index in [4.69, 9.17) is 10.3 Å². The van der Waals surface area contributed by atoms with E-state index in [9.17, 15) is 0 Å². The Hall–Kier alpha value is -0.870. The lowest BCUT2D eigenvalue weighted by atomic mass is 9.96. The zero-order valence-corrected chi connectivity index (χ0v) is 11.1. The molecular formula is C13H23N3O. The van der Waals surface area contributed by atoms with Crippen LogP contribution in [0.2, 0.25) is 0 Å². The summed E-state index contributed by atoms with van der Waals surface area (Å²) in [4.78, 5) is 2.49. The van der Waals surface area contributed by atoms with Gasteiger partial charge in [0.15, 0.2) is 0 Å². The Morgan fingerprint density at radius 3 is 2.82 bits per heavy atom. The number of likely N-dealkylation sites (tertiary alicyclic amines) is 1. The van der Waals surface area contributed by atoms with Gasteiger partial charge in [0.2, 0.25) is 0 Å². The maximum Gasteiger partial charge on any atom is 0.138 e. The van der Waals surface area contributed by atoms with Crippen molar-refractivity contribution < 1.29 is 4.52 Å². The van der Waals surface area contributed by atoms with Gasteiger partial charge in [-0.25, -0.2) is 0 Å². The minimum absolute atomic E-state index is 0.232. The van der Waals surface area contributed by atoms with Gasteiger partial charge in [-0.2, -0.15) is 0 Å². The van der Waals surface area contributed by atoms with Gasteiger partial charge >= 0.3 is 0 Å². The highest BCUT2D eigenvalue weighted by Gasteiger charge is 2.26. The molecule has 2 rings (SSSR count). The van der Waals surface area contributed by atoms with Crippen LogP contribution in [0.5, 0.6) is 0 Å². The Labute approximate surface area is 103 Å². The first kappa shape index (κ1) is 12.6. The normalized spacial score (nSPS) is 23.9. The van der Waals surface area contributed by atoms with E-state index in [2.05, 4.69) is 17.0 Å². The van der Waals surface area contributed by atoms with Gasteiger partial charge in [-0.3, -0.25) is 4.90 Å². The quantitative estimate of drug-likeness (QED) is 0.873. The van der Waals surface area contributed by atoms with Crippen LogP contribution < -0.4 is 5.73 Å². The fourth-order valence-electron chi connectivity index (χ4n) is 2.74. The molecule has 1 fully saturated rings. The average Bonchev–Trinajstić information content (AvgIpc) is 2.61. The van der Waals surface area contributed by atoms with Crippen LogP contribution in [0.3, 0.4) is 0 Å². The molecule has 1 aromatic rings. The van der Waals surface area contributed by atoms with E-state index in [1.54, 1.807) is 0 Å². The Kier molecular flexibility index (Phi) is 3.84. The molecule has 0 bridgehead atoms. The molecule has 2 heterocycles. The van der Waals surface area contributed by atoms with Crippen LogP contribution in [0.25, 0.3) is 0 Å². The van der Waals surface area contributed by atoms with Crippen molar-refractivity contribution in [2.24, 2.45) is 5.73 Å². The van der Waals surface area contributed by atoms with Crippen molar-refractivity contribution >= 4 is 0 Å². The molecule has 0 spiro atoms. The Balaban J connectivity index is 2.11. The van der Waals surface area contributed by atoms with Crippen molar-refractivity contribution in [3.05, 3.63) is 17.0 Å². The van der Waals surface area contributed by atoms with Gasteiger partial charge in [0.05, 0.1) is 5.69 Å². The summed E-state index contributed by atoms with van der Waals surface area (Å²) in [5, 5.41) is 4.02. The summed E-state index contributed by atoms with van der Waals surface area (Å²) in [7, 11) is 0. The number of aromatic nitrogens is 1. The molecule has 0 aliphatic carbocycles. The second kappa shape index (κ2) is 5.19. The van der Waals surface area contributed by atoms with Crippen LogP contribution >= 0.6 is 0 Å². The number of nitrogens with zero attached hydrogens (tertiary/aromatic N) is 2. The summed E-state index contributed by atoms with van der Waals surface area (Å²) >= 11 is 0. The van der Waals surface area contributed by atoms with Crippen LogP contribution in [-0.2, 0) is 6.54 Å². The van der Waals surface area contributed by atoms with Gasteiger partial charge in [-0.05, 0) is 40.2 Å². The highest BCUT2D eigenvalue weighted by Crippen LogP contribution is 2.23. The average molecular weight is 237 g/mol. The van der Waals surface area contributed by atoms with Gasteiger partial charge in [0.25, 0.3) is 0 Å². The predicted molar refractivity (Wildman–Crippen MR) is 67.7 cm³/mol. The Morgan fingerprint density at radius 2 is 2.24 bits per heavy atom. The summed E-state index contributed by atoms with van der Waals surface area (Å²) in [5.41, 5.74) is 8.33. The minimum atomic E-state index is 0.232. The summed E-state index contributed by atoms with van der Waals surface area (Å²) in [6.45, 7) is 8.16. The van der Waals surface area contributed by atoms with Crippen molar-refractivity contribution in [2.45, 2.75) is 58.7 Å². The van der Waals surface area contributed by atoms with Crippen LogP contribution in [0.4, 0.5) is 0 Å². The van der Waals surface area contributed by atoms with E-state index in [1.165, 1.54) is 24.8 Å². The molecule has 2 unspecified atom stereocenters. The summed E-state index contributed by atoms with van der Waals surface area (Å²) in [6, 6.07) is 0.730. The third kappa shape index (κ3) is 2.69. The van der Waals surface area contributed by atoms with Gasteiger partial charge in [-0.15, -0.1) is 0 Å². The van der Waals surface area contributed by atoms with Gasteiger partial charge in [0, 0.05) is 24.2 Å². The molecule has 0 aromatic carbocycles. The van der Waals surface area contributed by atoms with E-state index in [-0.39, 0.29) is 6.04 Å². The zero-order valence-electron chi connectivity index (χ0n) is 11.1. The van der Waals surface area contributed by atoms with E-state index in [1.807, 2.05) is 13.8 Å². The van der Waals surface area contributed by atoms with Crippen molar-refractivity contribution in [3.8, 4) is 0 Å². The molecule has 0 saturated carbocycles. The molecule has 1 saturated heterocycles. The zero-order chi connectivity index (χ0) is 12.4. The summed E-state index contributed by atoms with van der Waals surface area (Å²) in [6.07, 6.45) is 3.78. The maximum absolute atomic E-state index is 6.08. The monoisotopic (exact) mass is 237 g/mol. The first-order chi connectivity index (χ1) is 8.09. The lowest BCUT2D eigenvalue weighted by molar-refractivity contribution is 0.122. The number of nitrogens with two attached hydrogens (primary N) is 1. The molecule has 4 heteroatoms. The Bertz CT molecular complexity index is 353. The van der Waals surface area contributed by atoms with Gasteiger partial charge in [-0.1, -0.05) is 11.6 Å². The molecule has 4 nitrogen and oxygen atoms in total. The number of aryl methyl sites for hydroxylation is 2. The van der Waals surface area contributed by atoms with E-state index in [0.717, 1.165) is 24.5 Å². The first-order valence-electron chi connectivity index (χ1n) is 6.51. The number of piperidine rings is 1. The SMILES string of the molecule is Cc1noc(C)c1CN1CCCCC1C(C)N. The number of hydrogen-bond acceptors (Lipinski definition) is 4. The van der Waals surface area contributed by atoms with Crippen molar-refractivity contribution in [1.29, 1.82) is 0 Å². The van der Waals surface area contributed by atoms with E-state index < -0.39 is 0 Å². The smallest absolute Gasteiger partial charge is 0.138 e. The lowest BCUT2D eigenvalue weighted by Crippen LogP contribution is -2.48. The van der Waals surface area contributed by atoms with Crippen LogP contribution in [0.15, 0.2) is 4.52 Å². The van der Waals surface area contributed by atoms with Crippen molar-refractivity contribution in [3.63, 3.8) is 0 Å². The Morgan fingerprint density at radius 1 is 1.47 bits per heavy atom. The molecular weight excluding hydrogens is 214 g/mol. The van der Waals surface area contributed by atoms with Gasteiger partial charge < -0.3 is 10.3 Å². The third-order valence-electron chi connectivity index (χ3n) is 3.81. The third-order valence-corrected chi connectivity index (χ3v) is 3.81. The second-order valence-corrected chi connectivity index (χ2v) is 5.20. The second-order valence-electron chi connectivity index (χ2n) is 5.20. The number of rotatable bonds is 3. The van der Waals surface area contributed by atoms with Crippen LogP contribution in [0.1, 0.15) is 43.2 Å². The fraction of sp³-hybridized carbons (Fsp3) is 0.769.